The number of methoxy groups -OCH3 is 1. The molecule has 4 nitrogen and oxygen atoms in total. The third-order valence-electron chi connectivity index (χ3n) is 6.42. The summed E-state index contributed by atoms with van der Waals surface area (Å²) in [4.78, 5) is 3.67. The third kappa shape index (κ3) is 4.19. The maximum atomic E-state index is 6.12. The van der Waals surface area contributed by atoms with Crippen LogP contribution in [0.2, 0.25) is 0 Å². The molecule has 2 aliphatic rings. The van der Waals surface area contributed by atoms with E-state index in [0.717, 1.165) is 48.1 Å². The number of hydrogen-bond donors (Lipinski definition) is 0. The summed E-state index contributed by atoms with van der Waals surface area (Å²) in [6.45, 7) is 6.85. The van der Waals surface area contributed by atoms with Gasteiger partial charge in [-0.05, 0) is 85.3 Å². The smallest absolute Gasteiger partial charge is 0.179 e. The number of benzene rings is 3. The molecule has 1 atom stereocenters. The van der Waals surface area contributed by atoms with Crippen molar-refractivity contribution in [3.05, 3.63) is 82.4 Å². The van der Waals surface area contributed by atoms with Crippen LogP contribution in [0.4, 0.5) is 0 Å². The van der Waals surface area contributed by atoms with Gasteiger partial charge in [0.15, 0.2) is 11.5 Å². The van der Waals surface area contributed by atoms with Gasteiger partial charge < -0.3 is 13.7 Å². The Morgan fingerprint density at radius 2 is 1.81 bits per heavy atom. The lowest BCUT2D eigenvalue weighted by molar-refractivity contribution is 0.160. The molecule has 0 spiro atoms. The maximum Gasteiger partial charge on any atom is 0.179 e. The number of aryl methyl sites for hydroxylation is 1. The van der Waals surface area contributed by atoms with E-state index in [9.17, 15) is 0 Å². The van der Waals surface area contributed by atoms with E-state index in [2.05, 4.69) is 66.4 Å². The number of hydrogen-bond acceptors (Lipinski definition) is 5. The molecule has 5 heteroatoms. The van der Waals surface area contributed by atoms with Crippen LogP contribution in [0.3, 0.4) is 0 Å². The van der Waals surface area contributed by atoms with E-state index >= 15 is 0 Å². The molecule has 2 heterocycles. The van der Waals surface area contributed by atoms with Crippen LogP contribution in [-0.2, 0) is 19.4 Å². The monoisotopic (exact) mass is 447 g/mol. The Labute approximate surface area is 194 Å². The SMILES string of the molecule is CCOc1ccc2c(c1)CC1c3cc(OC)c(OSc4ccc(C)cc4)cc3CCN1C2. The van der Waals surface area contributed by atoms with Crippen LogP contribution in [0.1, 0.15) is 40.8 Å². The summed E-state index contributed by atoms with van der Waals surface area (Å²) < 4.78 is 17.6. The van der Waals surface area contributed by atoms with Gasteiger partial charge in [-0.1, -0.05) is 23.8 Å². The molecule has 3 aromatic carbocycles. The van der Waals surface area contributed by atoms with Gasteiger partial charge in [0.25, 0.3) is 0 Å². The molecule has 0 saturated carbocycles. The second kappa shape index (κ2) is 9.08. The predicted octanol–water partition coefficient (Wildman–Crippen LogP) is 6.14. The van der Waals surface area contributed by atoms with Crippen LogP contribution in [0.25, 0.3) is 0 Å². The Kier molecular flexibility index (Phi) is 6.03. The molecule has 3 aromatic rings. The van der Waals surface area contributed by atoms with Gasteiger partial charge in [-0.3, -0.25) is 4.90 Å². The molecule has 0 N–H and O–H groups in total. The molecule has 2 aliphatic heterocycles. The molecule has 0 fully saturated rings. The number of rotatable bonds is 6. The van der Waals surface area contributed by atoms with E-state index in [1.54, 1.807) is 7.11 Å². The van der Waals surface area contributed by atoms with Crippen molar-refractivity contribution in [3.8, 4) is 17.2 Å². The van der Waals surface area contributed by atoms with Gasteiger partial charge in [-0.15, -0.1) is 0 Å². The minimum Gasteiger partial charge on any atom is -0.494 e. The van der Waals surface area contributed by atoms with Crippen LogP contribution in [-0.4, -0.2) is 25.2 Å². The van der Waals surface area contributed by atoms with E-state index in [1.807, 2.05) is 6.92 Å². The third-order valence-corrected chi connectivity index (χ3v) is 7.15. The van der Waals surface area contributed by atoms with Crippen LogP contribution in [0.15, 0.2) is 59.5 Å². The maximum absolute atomic E-state index is 6.12. The molecule has 5 rings (SSSR count). The zero-order valence-corrected chi connectivity index (χ0v) is 19.7. The van der Waals surface area contributed by atoms with Gasteiger partial charge in [0.2, 0.25) is 0 Å². The van der Waals surface area contributed by atoms with Gasteiger partial charge in [-0.25, -0.2) is 0 Å². The largest absolute Gasteiger partial charge is 0.494 e. The molecule has 1 unspecified atom stereocenters. The Bertz CT molecular complexity index is 1110. The normalized spacial score (nSPS) is 17.2. The zero-order chi connectivity index (χ0) is 22.1. The first-order chi connectivity index (χ1) is 15.6. The average molecular weight is 448 g/mol. The van der Waals surface area contributed by atoms with E-state index in [-0.39, 0.29) is 0 Å². The molecular weight excluding hydrogens is 418 g/mol. The fraction of sp³-hybridized carbons (Fsp3) is 0.333. The van der Waals surface area contributed by atoms with Crippen molar-refractivity contribution in [2.45, 2.75) is 44.2 Å². The molecule has 0 aromatic heterocycles. The van der Waals surface area contributed by atoms with Crippen LogP contribution >= 0.6 is 12.0 Å². The highest BCUT2D eigenvalue weighted by Gasteiger charge is 2.33. The second-order valence-electron chi connectivity index (χ2n) is 8.49. The summed E-state index contributed by atoms with van der Waals surface area (Å²) in [6, 6.07) is 19.6. The Balaban J connectivity index is 1.41. The molecule has 0 radical (unpaired) electrons. The fourth-order valence-electron chi connectivity index (χ4n) is 4.73. The highest BCUT2D eigenvalue weighted by atomic mass is 32.2. The first-order valence-electron chi connectivity index (χ1n) is 11.2. The molecular formula is C27H29NO3S. The Morgan fingerprint density at radius 1 is 0.969 bits per heavy atom. The Morgan fingerprint density at radius 3 is 2.59 bits per heavy atom. The summed E-state index contributed by atoms with van der Waals surface area (Å²) in [6.07, 6.45) is 2.01. The fourth-order valence-corrected chi connectivity index (χ4v) is 5.29. The summed E-state index contributed by atoms with van der Waals surface area (Å²) in [5.41, 5.74) is 6.76. The number of nitrogens with zero attached hydrogens (tertiary/aromatic N) is 1. The minimum absolute atomic E-state index is 0.357. The van der Waals surface area contributed by atoms with Crippen molar-refractivity contribution in [3.63, 3.8) is 0 Å². The van der Waals surface area contributed by atoms with Crippen molar-refractivity contribution in [2.75, 3.05) is 20.3 Å². The standard InChI is InChI=1S/C27H29NO3S/c1-4-30-22-8-7-20-17-28-12-11-19-15-27(31-32-23-9-5-18(2)6-10-23)26(29-3)16-24(19)25(28)14-21(20)13-22/h5-10,13,15-16,25H,4,11-12,14,17H2,1-3H3. The average Bonchev–Trinajstić information content (AvgIpc) is 2.82. The van der Waals surface area contributed by atoms with Gasteiger partial charge in [-0.2, -0.15) is 0 Å². The summed E-state index contributed by atoms with van der Waals surface area (Å²) in [7, 11) is 1.72. The van der Waals surface area contributed by atoms with E-state index in [1.165, 1.54) is 39.9 Å². The van der Waals surface area contributed by atoms with Crippen LogP contribution in [0.5, 0.6) is 17.2 Å². The number of fused-ring (bicyclic) bond motifs is 4. The number of ether oxygens (including phenoxy) is 2. The van der Waals surface area contributed by atoms with Gasteiger partial charge in [0, 0.05) is 24.0 Å². The topological polar surface area (TPSA) is 30.9 Å². The van der Waals surface area contributed by atoms with Crippen molar-refractivity contribution >= 4 is 12.0 Å². The molecule has 166 valence electrons. The summed E-state index contributed by atoms with van der Waals surface area (Å²) in [5.74, 6) is 2.55. The van der Waals surface area contributed by atoms with Gasteiger partial charge in [0.1, 0.15) is 5.75 Å². The molecule has 32 heavy (non-hydrogen) atoms. The lowest BCUT2D eigenvalue weighted by Gasteiger charge is -2.41. The first-order valence-corrected chi connectivity index (χ1v) is 12.0. The lowest BCUT2D eigenvalue weighted by Crippen LogP contribution is -2.39. The summed E-state index contributed by atoms with van der Waals surface area (Å²) >= 11 is 1.38. The van der Waals surface area contributed by atoms with Crippen molar-refractivity contribution in [2.24, 2.45) is 0 Å². The molecule has 0 amide bonds. The van der Waals surface area contributed by atoms with Gasteiger partial charge >= 0.3 is 0 Å². The highest BCUT2D eigenvalue weighted by molar-refractivity contribution is 7.95. The van der Waals surface area contributed by atoms with Crippen molar-refractivity contribution < 1.29 is 13.7 Å². The Hall–Kier alpha value is -2.63. The van der Waals surface area contributed by atoms with Crippen LogP contribution in [0, 0.1) is 6.92 Å². The second-order valence-corrected chi connectivity index (χ2v) is 9.29. The molecule has 0 bridgehead atoms. The highest BCUT2D eigenvalue weighted by Crippen LogP contribution is 2.44. The van der Waals surface area contributed by atoms with E-state index < -0.39 is 0 Å². The van der Waals surface area contributed by atoms with Crippen molar-refractivity contribution in [1.82, 2.24) is 4.90 Å². The van der Waals surface area contributed by atoms with Crippen molar-refractivity contribution in [1.29, 1.82) is 0 Å². The van der Waals surface area contributed by atoms with E-state index in [4.69, 9.17) is 13.7 Å². The summed E-state index contributed by atoms with van der Waals surface area (Å²) in [5, 5.41) is 0. The minimum atomic E-state index is 0.357. The van der Waals surface area contributed by atoms with E-state index in [0.29, 0.717) is 12.6 Å². The quantitative estimate of drug-likeness (QED) is 0.423. The predicted molar refractivity (Wildman–Crippen MR) is 129 cm³/mol. The molecule has 0 saturated heterocycles. The lowest BCUT2D eigenvalue weighted by atomic mass is 9.84. The first kappa shape index (κ1) is 21.2. The zero-order valence-electron chi connectivity index (χ0n) is 18.9. The van der Waals surface area contributed by atoms with Gasteiger partial charge in [0.05, 0.1) is 25.8 Å². The molecule has 0 aliphatic carbocycles. The van der Waals surface area contributed by atoms with Crippen LogP contribution < -0.4 is 13.7 Å².